The standard InChI is InChI=1S/C13H18FNO/c14-11-5-3-4-10(8-11)13(16)9-15-12-6-1-2-7-12/h3-5,8,12-13,15-16H,1-2,6-7,9H2. The van der Waals surface area contributed by atoms with Crippen LogP contribution in [0.2, 0.25) is 0 Å². The van der Waals surface area contributed by atoms with E-state index in [0.29, 0.717) is 18.2 Å². The van der Waals surface area contributed by atoms with E-state index in [2.05, 4.69) is 5.32 Å². The molecular formula is C13H18FNO. The summed E-state index contributed by atoms with van der Waals surface area (Å²) < 4.78 is 12.9. The van der Waals surface area contributed by atoms with Crippen molar-refractivity contribution in [2.75, 3.05) is 6.54 Å². The summed E-state index contributed by atoms with van der Waals surface area (Å²) in [5, 5.41) is 13.2. The molecule has 0 amide bonds. The fourth-order valence-corrected chi connectivity index (χ4v) is 2.24. The zero-order valence-electron chi connectivity index (χ0n) is 9.32. The molecule has 1 aliphatic carbocycles. The lowest BCUT2D eigenvalue weighted by Gasteiger charge is -2.16. The third-order valence-electron chi connectivity index (χ3n) is 3.19. The van der Waals surface area contributed by atoms with Gasteiger partial charge in [-0.15, -0.1) is 0 Å². The van der Waals surface area contributed by atoms with Crippen molar-refractivity contribution in [2.45, 2.75) is 37.8 Å². The maximum Gasteiger partial charge on any atom is 0.123 e. The third-order valence-corrected chi connectivity index (χ3v) is 3.19. The molecule has 1 unspecified atom stereocenters. The Morgan fingerprint density at radius 1 is 1.38 bits per heavy atom. The molecule has 2 N–H and O–H groups in total. The summed E-state index contributed by atoms with van der Waals surface area (Å²) in [5.41, 5.74) is 0.644. The Bertz CT molecular complexity index is 336. The molecule has 0 bridgehead atoms. The van der Waals surface area contributed by atoms with Crippen LogP contribution in [0.5, 0.6) is 0 Å². The molecule has 1 saturated carbocycles. The quantitative estimate of drug-likeness (QED) is 0.821. The van der Waals surface area contributed by atoms with E-state index >= 15 is 0 Å². The van der Waals surface area contributed by atoms with Gasteiger partial charge in [0.1, 0.15) is 5.82 Å². The highest BCUT2D eigenvalue weighted by molar-refractivity contribution is 5.18. The maximum atomic E-state index is 12.9. The molecule has 1 aliphatic rings. The number of rotatable bonds is 4. The van der Waals surface area contributed by atoms with Crippen LogP contribution in [0.3, 0.4) is 0 Å². The SMILES string of the molecule is OC(CNC1CCCC1)c1cccc(F)c1. The molecule has 2 nitrogen and oxygen atoms in total. The molecule has 1 atom stereocenters. The molecule has 0 heterocycles. The van der Waals surface area contributed by atoms with Crippen molar-refractivity contribution < 1.29 is 9.50 Å². The van der Waals surface area contributed by atoms with Crippen LogP contribution in [-0.4, -0.2) is 17.7 Å². The lowest BCUT2D eigenvalue weighted by molar-refractivity contribution is 0.169. The van der Waals surface area contributed by atoms with E-state index in [1.807, 2.05) is 0 Å². The molecule has 0 saturated heterocycles. The normalized spacial score (nSPS) is 18.9. The topological polar surface area (TPSA) is 32.3 Å². The van der Waals surface area contributed by atoms with Gasteiger partial charge >= 0.3 is 0 Å². The highest BCUT2D eigenvalue weighted by atomic mass is 19.1. The molecule has 1 aromatic carbocycles. The predicted molar refractivity (Wildman–Crippen MR) is 61.6 cm³/mol. The van der Waals surface area contributed by atoms with Crippen LogP contribution in [0, 0.1) is 5.82 Å². The third kappa shape index (κ3) is 3.03. The van der Waals surface area contributed by atoms with Crippen LogP contribution in [-0.2, 0) is 0 Å². The number of hydrogen-bond acceptors (Lipinski definition) is 2. The fraction of sp³-hybridized carbons (Fsp3) is 0.538. The zero-order valence-corrected chi connectivity index (χ0v) is 9.32. The Hall–Kier alpha value is -0.930. The lowest BCUT2D eigenvalue weighted by atomic mass is 10.1. The Balaban J connectivity index is 1.85. The first-order chi connectivity index (χ1) is 7.75. The summed E-state index contributed by atoms with van der Waals surface area (Å²) in [7, 11) is 0. The van der Waals surface area contributed by atoms with Gasteiger partial charge in [0, 0.05) is 12.6 Å². The highest BCUT2D eigenvalue weighted by Crippen LogP contribution is 2.19. The van der Waals surface area contributed by atoms with Crippen molar-refractivity contribution in [2.24, 2.45) is 0 Å². The second-order valence-corrected chi connectivity index (χ2v) is 4.46. The lowest BCUT2D eigenvalue weighted by Crippen LogP contribution is -2.30. The van der Waals surface area contributed by atoms with Gasteiger partial charge in [-0.1, -0.05) is 25.0 Å². The molecular weight excluding hydrogens is 205 g/mol. The van der Waals surface area contributed by atoms with Crippen LogP contribution in [0.1, 0.15) is 37.4 Å². The van der Waals surface area contributed by atoms with Gasteiger partial charge in [0.15, 0.2) is 0 Å². The van der Waals surface area contributed by atoms with E-state index in [4.69, 9.17) is 0 Å². The second-order valence-electron chi connectivity index (χ2n) is 4.46. The number of aliphatic hydroxyl groups excluding tert-OH is 1. The van der Waals surface area contributed by atoms with E-state index < -0.39 is 6.10 Å². The van der Waals surface area contributed by atoms with E-state index in [0.717, 1.165) is 0 Å². The van der Waals surface area contributed by atoms with Crippen LogP contribution in [0.4, 0.5) is 4.39 Å². The summed E-state index contributed by atoms with van der Waals surface area (Å²) in [6.07, 6.45) is 4.31. The van der Waals surface area contributed by atoms with Gasteiger partial charge in [-0.25, -0.2) is 4.39 Å². The second kappa shape index (κ2) is 5.41. The summed E-state index contributed by atoms with van der Waals surface area (Å²) in [4.78, 5) is 0. The summed E-state index contributed by atoms with van der Waals surface area (Å²) >= 11 is 0. The predicted octanol–water partition coefficient (Wildman–Crippen LogP) is 2.39. The first-order valence-electron chi connectivity index (χ1n) is 5.92. The van der Waals surface area contributed by atoms with Gasteiger partial charge in [-0.2, -0.15) is 0 Å². The van der Waals surface area contributed by atoms with Crippen LogP contribution in [0.15, 0.2) is 24.3 Å². The highest BCUT2D eigenvalue weighted by Gasteiger charge is 2.16. The Labute approximate surface area is 95.5 Å². The molecule has 1 fully saturated rings. The minimum absolute atomic E-state index is 0.294. The number of benzene rings is 1. The molecule has 0 radical (unpaired) electrons. The van der Waals surface area contributed by atoms with Crippen molar-refractivity contribution >= 4 is 0 Å². The van der Waals surface area contributed by atoms with E-state index in [-0.39, 0.29) is 5.82 Å². The molecule has 88 valence electrons. The largest absolute Gasteiger partial charge is 0.387 e. The Morgan fingerprint density at radius 2 is 2.12 bits per heavy atom. The number of nitrogens with one attached hydrogen (secondary N) is 1. The van der Waals surface area contributed by atoms with E-state index in [9.17, 15) is 9.50 Å². The fourth-order valence-electron chi connectivity index (χ4n) is 2.24. The van der Waals surface area contributed by atoms with Crippen molar-refractivity contribution in [1.29, 1.82) is 0 Å². The van der Waals surface area contributed by atoms with Crippen LogP contribution in [0.25, 0.3) is 0 Å². The maximum absolute atomic E-state index is 12.9. The van der Waals surface area contributed by atoms with E-state index in [1.165, 1.54) is 37.8 Å². The molecule has 16 heavy (non-hydrogen) atoms. The summed E-state index contributed by atoms with van der Waals surface area (Å²) in [6, 6.07) is 6.69. The molecule has 0 aliphatic heterocycles. The van der Waals surface area contributed by atoms with Gasteiger partial charge in [-0.05, 0) is 30.5 Å². The minimum atomic E-state index is -0.615. The number of hydrogen-bond donors (Lipinski definition) is 2. The van der Waals surface area contributed by atoms with Gasteiger partial charge in [0.05, 0.1) is 6.10 Å². The first-order valence-corrected chi connectivity index (χ1v) is 5.92. The number of halogens is 1. The van der Waals surface area contributed by atoms with Gasteiger partial charge in [-0.3, -0.25) is 0 Å². The Morgan fingerprint density at radius 3 is 2.81 bits per heavy atom. The van der Waals surface area contributed by atoms with Crippen LogP contribution < -0.4 is 5.32 Å². The van der Waals surface area contributed by atoms with E-state index in [1.54, 1.807) is 12.1 Å². The molecule has 0 spiro atoms. The molecule has 0 aromatic heterocycles. The summed E-state index contributed by atoms with van der Waals surface area (Å²) in [5.74, 6) is -0.294. The first kappa shape index (κ1) is 11.6. The Kier molecular flexibility index (Phi) is 3.91. The average molecular weight is 223 g/mol. The zero-order chi connectivity index (χ0) is 11.4. The van der Waals surface area contributed by atoms with Crippen molar-refractivity contribution in [3.8, 4) is 0 Å². The molecule has 3 heteroatoms. The number of aliphatic hydroxyl groups is 1. The summed E-state index contributed by atoms with van der Waals surface area (Å²) in [6.45, 7) is 0.508. The average Bonchev–Trinajstić information content (AvgIpc) is 2.78. The minimum Gasteiger partial charge on any atom is -0.387 e. The van der Waals surface area contributed by atoms with Gasteiger partial charge in [0.2, 0.25) is 0 Å². The van der Waals surface area contributed by atoms with Gasteiger partial charge in [0.25, 0.3) is 0 Å². The van der Waals surface area contributed by atoms with Crippen molar-refractivity contribution in [3.05, 3.63) is 35.6 Å². The van der Waals surface area contributed by atoms with Crippen LogP contribution >= 0.6 is 0 Å². The molecule has 2 rings (SSSR count). The monoisotopic (exact) mass is 223 g/mol. The smallest absolute Gasteiger partial charge is 0.123 e. The van der Waals surface area contributed by atoms with Gasteiger partial charge < -0.3 is 10.4 Å². The van der Waals surface area contributed by atoms with Crippen molar-refractivity contribution in [1.82, 2.24) is 5.32 Å². The molecule has 1 aromatic rings. The van der Waals surface area contributed by atoms with Crippen molar-refractivity contribution in [3.63, 3.8) is 0 Å².